The minimum Gasteiger partial charge on any atom is -0.508 e. The summed E-state index contributed by atoms with van der Waals surface area (Å²) in [7, 11) is 0. The molecule has 0 aromatic heterocycles. The summed E-state index contributed by atoms with van der Waals surface area (Å²) in [5.41, 5.74) is 7.86. The fraction of sp³-hybridized carbons (Fsp3) is 0.226. The number of aryl methyl sites for hydroxylation is 3. The molecule has 0 aliphatic rings. The van der Waals surface area contributed by atoms with Crippen LogP contribution < -0.4 is 0 Å². The summed E-state index contributed by atoms with van der Waals surface area (Å²) in [6.07, 6.45) is 2.79. The molecule has 3 aromatic rings. The predicted octanol–water partition coefficient (Wildman–Crippen LogP) is 7.03. The van der Waals surface area contributed by atoms with Gasteiger partial charge in [0.1, 0.15) is 23.0 Å². The van der Waals surface area contributed by atoms with Crippen LogP contribution in [-0.4, -0.2) is 20.4 Å². The number of phenols is 3. The van der Waals surface area contributed by atoms with Crippen LogP contribution in [0.4, 0.5) is 0 Å². The van der Waals surface area contributed by atoms with Crippen LogP contribution in [0.2, 0.25) is 0 Å². The van der Waals surface area contributed by atoms with E-state index in [1.54, 1.807) is 12.1 Å². The van der Waals surface area contributed by atoms with E-state index in [0.29, 0.717) is 41.5 Å². The van der Waals surface area contributed by atoms with Crippen molar-refractivity contribution < 1.29 is 20.4 Å². The summed E-state index contributed by atoms with van der Waals surface area (Å²) in [5, 5.41) is 42.5. The Morgan fingerprint density at radius 2 is 1.17 bits per heavy atom. The summed E-state index contributed by atoms with van der Waals surface area (Å²) in [5.74, 6) is 0.424. The highest BCUT2D eigenvalue weighted by Crippen LogP contribution is 2.35. The maximum Gasteiger partial charge on any atom is 0.122 e. The van der Waals surface area contributed by atoms with Gasteiger partial charge in [0.25, 0.3) is 0 Å². The second-order valence-electron chi connectivity index (χ2n) is 9.49. The van der Waals surface area contributed by atoms with Crippen molar-refractivity contribution >= 4 is 0 Å². The van der Waals surface area contributed by atoms with Gasteiger partial charge in [0, 0.05) is 19.3 Å². The van der Waals surface area contributed by atoms with Gasteiger partial charge in [0.15, 0.2) is 0 Å². The topological polar surface area (TPSA) is 80.9 Å². The molecule has 0 aliphatic carbocycles. The molecule has 0 unspecified atom stereocenters. The zero-order chi connectivity index (χ0) is 25.9. The normalized spacial score (nSPS) is 11.5. The summed E-state index contributed by atoms with van der Waals surface area (Å²) >= 11 is 0. The lowest BCUT2D eigenvalue weighted by Gasteiger charge is -2.16. The third-order valence-corrected chi connectivity index (χ3v) is 5.99. The Labute approximate surface area is 207 Å². The zero-order valence-corrected chi connectivity index (χ0v) is 20.9. The lowest BCUT2D eigenvalue weighted by Crippen LogP contribution is -2.00. The van der Waals surface area contributed by atoms with Gasteiger partial charge in [-0.3, -0.25) is 0 Å². The molecule has 4 heteroatoms. The van der Waals surface area contributed by atoms with Crippen molar-refractivity contribution in [2.24, 2.45) is 0 Å². The maximum absolute atomic E-state index is 11.1. The van der Waals surface area contributed by atoms with Crippen LogP contribution in [0.25, 0.3) is 0 Å². The first-order valence-corrected chi connectivity index (χ1v) is 11.6. The Hall–Kier alpha value is -3.92. The van der Waals surface area contributed by atoms with E-state index in [1.165, 1.54) is 0 Å². The Morgan fingerprint density at radius 1 is 0.714 bits per heavy atom. The molecule has 0 heterocycles. The van der Waals surface area contributed by atoms with E-state index < -0.39 is 0 Å². The Bertz CT molecular complexity index is 1330. The highest BCUT2D eigenvalue weighted by Gasteiger charge is 2.17. The number of hydrogen-bond donors (Lipinski definition) is 4. The molecule has 4 N–H and O–H groups in total. The van der Waals surface area contributed by atoms with Gasteiger partial charge in [0.05, 0.1) is 0 Å². The number of aromatic hydroxyl groups is 3. The second-order valence-corrected chi connectivity index (χ2v) is 9.49. The van der Waals surface area contributed by atoms with Gasteiger partial charge in [-0.2, -0.15) is 0 Å². The average molecular weight is 471 g/mol. The lowest BCUT2D eigenvalue weighted by molar-refractivity contribution is 0.422. The van der Waals surface area contributed by atoms with Crippen LogP contribution in [0.15, 0.2) is 78.6 Å². The summed E-state index contributed by atoms with van der Waals surface area (Å²) in [6, 6.07) is 13.1. The van der Waals surface area contributed by atoms with Crippen LogP contribution in [0.3, 0.4) is 0 Å². The van der Waals surface area contributed by atoms with Gasteiger partial charge in [-0.1, -0.05) is 77.9 Å². The van der Waals surface area contributed by atoms with E-state index in [0.717, 1.165) is 33.4 Å². The Kier molecular flexibility index (Phi) is 7.75. The van der Waals surface area contributed by atoms with Crippen molar-refractivity contribution in [1.29, 1.82) is 0 Å². The number of benzene rings is 3. The fourth-order valence-electron chi connectivity index (χ4n) is 4.41. The van der Waals surface area contributed by atoms with Gasteiger partial charge in [0.2, 0.25) is 0 Å². The molecule has 0 atom stereocenters. The molecule has 4 nitrogen and oxygen atoms in total. The highest BCUT2D eigenvalue weighted by atomic mass is 16.3. The molecule has 0 spiro atoms. The number of phenolic OH excluding ortho intramolecular Hbond substituents is 3. The average Bonchev–Trinajstić information content (AvgIpc) is 2.76. The molecule has 182 valence electrons. The van der Waals surface area contributed by atoms with Gasteiger partial charge in [-0.25, -0.2) is 0 Å². The van der Waals surface area contributed by atoms with Crippen LogP contribution in [0.5, 0.6) is 17.2 Å². The predicted molar refractivity (Wildman–Crippen MR) is 143 cm³/mol. The number of aliphatic hydroxyl groups excluding tert-OH is 1. The first kappa shape index (κ1) is 25.7. The summed E-state index contributed by atoms with van der Waals surface area (Å²) in [6.45, 7) is 15.2. The number of rotatable bonds is 8. The molecule has 0 radical (unpaired) electrons. The minimum atomic E-state index is -0.0594. The second kappa shape index (κ2) is 10.6. The third-order valence-electron chi connectivity index (χ3n) is 5.99. The molecule has 0 saturated heterocycles. The summed E-state index contributed by atoms with van der Waals surface area (Å²) in [4.78, 5) is 0. The van der Waals surface area contributed by atoms with Crippen molar-refractivity contribution in [2.75, 3.05) is 0 Å². The van der Waals surface area contributed by atoms with Crippen LogP contribution in [-0.2, 0) is 19.3 Å². The molecule has 0 bridgehead atoms. The monoisotopic (exact) mass is 470 g/mol. The molecular formula is C31H34O4. The van der Waals surface area contributed by atoms with E-state index in [1.807, 2.05) is 64.1 Å². The van der Waals surface area contributed by atoms with E-state index in [9.17, 15) is 20.4 Å². The molecule has 0 fully saturated rings. The van der Waals surface area contributed by atoms with E-state index in [2.05, 4.69) is 13.2 Å². The maximum atomic E-state index is 11.1. The van der Waals surface area contributed by atoms with E-state index in [4.69, 9.17) is 0 Å². The van der Waals surface area contributed by atoms with Crippen LogP contribution in [0.1, 0.15) is 51.4 Å². The van der Waals surface area contributed by atoms with Gasteiger partial charge >= 0.3 is 0 Å². The number of aliphatic hydroxyl groups is 1. The standard InChI is InChI=1S/C31H34O4/c1-18(2)9-23(22(6)32)15-25-11-20(4)13-27(30(25)34)17-28-14-21(5)12-26(31(28)35)16-24-10-19(3)7-8-29(24)33/h7-14,32-35H,1,6,15-17H2,2-5H3/b23-9-. The van der Waals surface area contributed by atoms with Gasteiger partial charge in [-0.05, 0) is 67.2 Å². The van der Waals surface area contributed by atoms with Gasteiger partial charge in [-0.15, -0.1) is 0 Å². The van der Waals surface area contributed by atoms with Crippen molar-refractivity contribution in [3.05, 3.63) is 123 Å². The molecule has 3 rings (SSSR count). The largest absolute Gasteiger partial charge is 0.508 e. The zero-order valence-electron chi connectivity index (χ0n) is 20.9. The quantitative estimate of drug-likeness (QED) is 0.210. The van der Waals surface area contributed by atoms with Crippen molar-refractivity contribution in [3.8, 4) is 17.2 Å². The lowest BCUT2D eigenvalue weighted by atomic mass is 9.91. The minimum absolute atomic E-state index is 0.0594. The van der Waals surface area contributed by atoms with Crippen molar-refractivity contribution in [2.45, 2.75) is 47.0 Å². The van der Waals surface area contributed by atoms with Crippen molar-refractivity contribution in [1.82, 2.24) is 0 Å². The first-order valence-electron chi connectivity index (χ1n) is 11.6. The first-order chi connectivity index (χ1) is 16.4. The fourth-order valence-corrected chi connectivity index (χ4v) is 4.41. The molecule has 0 aliphatic heterocycles. The molecular weight excluding hydrogens is 436 g/mol. The number of hydrogen-bond acceptors (Lipinski definition) is 4. The molecule has 3 aromatic carbocycles. The van der Waals surface area contributed by atoms with Crippen molar-refractivity contribution in [3.63, 3.8) is 0 Å². The highest BCUT2D eigenvalue weighted by molar-refractivity contribution is 5.53. The third kappa shape index (κ3) is 6.36. The van der Waals surface area contributed by atoms with E-state index in [-0.39, 0.29) is 23.0 Å². The SMILES string of the molecule is C=C(C)/C=C(/Cc1cc(C)cc(Cc2cc(C)cc(Cc3cc(C)ccc3O)c2O)c1O)C(=C)O. The van der Waals surface area contributed by atoms with Crippen LogP contribution in [0, 0.1) is 20.8 Å². The molecule has 0 amide bonds. The molecule has 35 heavy (non-hydrogen) atoms. The van der Waals surface area contributed by atoms with Gasteiger partial charge < -0.3 is 20.4 Å². The van der Waals surface area contributed by atoms with E-state index >= 15 is 0 Å². The Balaban J connectivity index is 1.99. The van der Waals surface area contributed by atoms with Crippen LogP contribution >= 0.6 is 0 Å². The molecule has 0 saturated carbocycles. The summed E-state index contributed by atoms with van der Waals surface area (Å²) < 4.78 is 0. The number of allylic oxidation sites excluding steroid dienone is 3. The Morgan fingerprint density at radius 3 is 1.69 bits per heavy atom. The smallest absolute Gasteiger partial charge is 0.122 e.